The van der Waals surface area contributed by atoms with Gasteiger partial charge < -0.3 is 5.11 Å². The van der Waals surface area contributed by atoms with Gasteiger partial charge in [-0.15, -0.1) is 0 Å². The molecule has 0 atom stereocenters. The highest BCUT2D eigenvalue weighted by molar-refractivity contribution is 9.10. The number of sulfonamides is 1. The fraction of sp³-hybridized carbons (Fsp3) is 0.571. The molecular weight excluding hydrogens is 342 g/mol. The van der Waals surface area contributed by atoms with E-state index < -0.39 is 15.4 Å². The van der Waals surface area contributed by atoms with Gasteiger partial charge in [0, 0.05) is 23.0 Å². The molecule has 2 N–H and O–H groups in total. The van der Waals surface area contributed by atoms with Crippen molar-refractivity contribution in [1.82, 2.24) is 4.72 Å². The lowest BCUT2D eigenvalue weighted by atomic mass is 9.84. The molecule has 0 fully saturated rings. The Morgan fingerprint density at radius 2 is 1.90 bits per heavy atom. The highest BCUT2D eigenvalue weighted by Crippen LogP contribution is 2.26. The van der Waals surface area contributed by atoms with E-state index >= 15 is 0 Å². The molecule has 0 aliphatic rings. The predicted octanol–water partition coefficient (Wildman–Crippen LogP) is 2.83. The summed E-state index contributed by atoms with van der Waals surface area (Å²) in [5.41, 5.74) is 0.302. The van der Waals surface area contributed by atoms with E-state index in [1.807, 2.05) is 19.9 Å². The first-order valence-electron chi connectivity index (χ1n) is 6.67. The summed E-state index contributed by atoms with van der Waals surface area (Å²) in [6.45, 7) is 5.89. The highest BCUT2D eigenvalue weighted by Gasteiger charge is 2.28. The van der Waals surface area contributed by atoms with Crippen LogP contribution in [0.15, 0.2) is 27.6 Å². The summed E-state index contributed by atoms with van der Waals surface area (Å²) in [6.07, 6.45) is 1.44. The minimum absolute atomic E-state index is 0.0278. The van der Waals surface area contributed by atoms with Gasteiger partial charge in [-0.3, -0.25) is 0 Å². The predicted molar refractivity (Wildman–Crippen MR) is 84.2 cm³/mol. The molecule has 1 rings (SSSR count). The average molecular weight is 364 g/mol. The zero-order valence-electron chi connectivity index (χ0n) is 12.1. The van der Waals surface area contributed by atoms with E-state index in [0.717, 1.165) is 17.3 Å². The minimum Gasteiger partial charge on any atom is -0.396 e. The number of halogens is 1. The molecule has 0 spiro atoms. The maximum absolute atomic E-state index is 12.4. The molecule has 0 saturated carbocycles. The molecule has 1 aromatic rings. The van der Waals surface area contributed by atoms with Gasteiger partial charge in [-0.25, -0.2) is 13.1 Å². The standard InChI is InChI=1S/C14H22BrNO3S/c1-4-14(5-2,10-17)9-16-20(18,19)13-8-12(15)7-6-11(13)3/h6-8,16-17H,4-5,9-10H2,1-3H3. The van der Waals surface area contributed by atoms with Crippen molar-refractivity contribution in [2.45, 2.75) is 38.5 Å². The van der Waals surface area contributed by atoms with Gasteiger partial charge in [0.25, 0.3) is 0 Å². The summed E-state index contributed by atoms with van der Waals surface area (Å²) in [7, 11) is -3.57. The molecule has 4 nitrogen and oxygen atoms in total. The molecule has 114 valence electrons. The summed E-state index contributed by atoms with van der Waals surface area (Å²) >= 11 is 3.29. The molecule has 0 aromatic heterocycles. The molecule has 0 unspecified atom stereocenters. The largest absolute Gasteiger partial charge is 0.396 e. The Hall–Kier alpha value is -0.430. The van der Waals surface area contributed by atoms with Crippen LogP contribution in [0.4, 0.5) is 0 Å². The van der Waals surface area contributed by atoms with Gasteiger partial charge in [0.1, 0.15) is 0 Å². The third-order valence-corrected chi connectivity index (χ3v) is 5.95. The monoisotopic (exact) mass is 363 g/mol. The Kier molecular flexibility index (Phi) is 6.19. The molecule has 0 heterocycles. The van der Waals surface area contributed by atoms with Gasteiger partial charge in [0.15, 0.2) is 0 Å². The van der Waals surface area contributed by atoms with E-state index in [-0.39, 0.29) is 18.0 Å². The molecule has 0 radical (unpaired) electrons. The zero-order valence-corrected chi connectivity index (χ0v) is 14.5. The van der Waals surface area contributed by atoms with Crippen LogP contribution in [0.2, 0.25) is 0 Å². The van der Waals surface area contributed by atoms with Gasteiger partial charge in [-0.2, -0.15) is 0 Å². The molecule has 0 amide bonds. The number of aliphatic hydroxyl groups is 1. The van der Waals surface area contributed by atoms with Crippen LogP contribution >= 0.6 is 15.9 Å². The fourth-order valence-electron chi connectivity index (χ4n) is 1.97. The maximum atomic E-state index is 12.4. The van der Waals surface area contributed by atoms with Crippen molar-refractivity contribution in [3.05, 3.63) is 28.2 Å². The van der Waals surface area contributed by atoms with Crippen LogP contribution < -0.4 is 4.72 Å². The molecule has 0 aliphatic carbocycles. The summed E-state index contributed by atoms with van der Waals surface area (Å²) in [5.74, 6) is 0. The van der Waals surface area contributed by atoms with Crippen molar-refractivity contribution in [3.63, 3.8) is 0 Å². The van der Waals surface area contributed by atoms with Crippen LogP contribution in [-0.2, 0) is 10.0 Å². The molecule has 6 heteroatoms. The molecular formula is C14H22BrNO3S. The lowest BCUT2D eigenvalue weighted by Gasteiger charge is -2.29. The Labute approximate surface area is 129 Å². The number of nitrogens with one attached hydrogen (secondary N) is 1. The first-order chi connectivity index (χ1) is 9.30. The van der Waals surface area contributed by atoms with Crippen molar-refractivity contribution in [1.29, 1.82) is 0 Å². The first kappa shape index (κ1) is 17.6. The summed E-state index contributed by atoms with van der Waals surface area (Å²) in [5, 5.41) is 9.50. The van der Waals surface area contributed by atoms with Gasteiger partial charge >= 0.3 is 0 Å². The van der Waals surface area contributed by atoms with Crippen LogP contribution in [-0.4, -0.2) is 26.7 Å². The van der Waals surface area contributed by atoms with Crippen LogP contribution in [0.3, 0.4) is 0 Å². The lowest BCUT2D eigenvalue weighted by molar-refractivity contribution is 0.119. The van der Waals surface area contributed by atoms with Gasteiger partial charge in [-0.05, 0) is 37.5 Å². The van der Waals surface area contributed by atoms with Crippen molar-refractivity contribution in [2.75, 3.05) is 13.2 Å². The number of hydrogen-bond donors (Lipinski definition) is 2. The van der Waals surface area contributed by atoms with Crippen LogP contribution in [0, 0.1) is 12.3 Å². The number of hydrogen-bond acceptors (Lipinski definition) is 3. The molecule has 0 bridgehead atoms. The normalized spacial score (nSPS) is 12.7. The van der Waals surface area contributed by atoms with E-state index in [0.29, 0.717) is 5.56 Å². The number of aryl methyl sites for hydroxylation is 1. The fourth-order valence-corrected chi connectivity index (χ4v) is 3.91. The second-order valence-corrected chi connectivity index (χ2v) is 7.75. The van der Waals surface area contributed by atoms with E-state index in [2.05, 4.69) is 20.7 Å². The van der Waals surface area contributed by atoms with E-state index in [9.17, 15) is 13.5 Å². The SMILES string of the molecule is CCC(CC)(CO)CNS(=O)(=O)c1cc(Br)ccc1C. The second kappa shape index (κ2) is 7.02. The third kappa shape index (κ3) is 4.04. The van der Waals surface area contributed by atoms with Gasteiger partial charge in [0.05, 0.1) is 4.90 Å². The van der Waals surface area contributed by atoms with E-state index in [1.165, 1.54) is 0 Å². The Balaban J connectivity index is 2.98. The van der Waals surface area contributed by atoms with E-state index in [4.69, 9.17) is 0 Å². The quantitative estimate of drug-likeness (QED) is 0.782. The van der Waals surface area contributed by atoms with Crippen LogP contribution in [0.25, 0.3) is 0 Å². The van der Waals surface area contributed by atoms with Gasteiger partial charge in [-0.1, -0.05) is 35.8 Å². The molecule has 0 aliphatic heterocycles. The smallest absolute Gasteiger partial charge is 0.240 e. The number of rotatable bonds is 7. The van der Waals surface area contributed by atoms with Crippen molar-refractivity contribution < 1.29 is 13.5 Å². The summed E-state index contributed by atoms with van der Waals surface area (Å²) in [4.78, 5) is 0.269. The van der Waals surface area contributed by atoms with Crippen molar-refractivity contribution in [3.8, 4) is 0 Å². The number of benzene rings is 1. The zero-order chi connectivity index (χ0) is 15.4. The summed E-state index contributed by atoms with van der Waals surface area (Å²) in [6, 6.07) is 5.16. The first-order valence-corrected chi connectivity index (χ1v) is 8.94. The second-order valence-electron chi connectivity index (χ2n) is 5.10. The van der Waals surface area contributed by atoms with Crippen LogP contribution in [0.1, 0.15) is 32.3 Å². The van der Waals surface area contributed by atoms with Crippen LogP contribution in [0.5, 0.6) is 0 Å². The van der Waals surface area contributed by atoms with Crippen molar-refractivity contribution in [2.24, 2.45) is 5.41 Å². The third-order valence-electron chi connectivity index (χ3n) is 3.91. The average Bonchev–Trinajstić information content (AvgIpc) is 2.43. The topological polar surface area (TPSA) is 66.4 Å². The molecule has 20 heavy (non-hydrogen) atoms. The Morgan fingerprint density at radius 3 is 2.40 bits per heavy atom. The highest BCUT2D eigenvalue weighted by atomic mass is 79.9. The number of aliphatic hydroxyl groups excluding tert-OH is 1. The minimum atomic E-state index is -3.57. The van der Waals surface area contributed by atoms with Gasteiger partial charge in [0.2, 0.25) is 10.0 Å². The van der Waals surface area contributed by atoms with E-state index in [1.54, 1.807) is 19.1 Å². The maximum Gasteiger partial charge on any atom is 0.240 e. The molecule has 0 saturated heterocycles. The summed E-state index contributed by atoms with van der Waals surface area (Å²) < 4.78 is 28.1. The Bertz CT molecular complexity index is 545. The lowest BCUT2D eigenvalue weighted by Crippen LogP contribution is -2.39. The Morgan fingerprint density at radius 1 is 1.30 bits per heavy atom. The molecule has 1 aromatic carbocycles. The van der Waals surface area contributed by atoms with Crippen molar-refractivity contribution >= 4 is 26.0 Å².